The number of nitrogens with zero attached hydrogens (tertiary/aromatic N) is 1. The molecule has 7 heteroatoms. The monoisotopic (exact) mass is 354 g/mol. The van der Waals surface area contributed by atoms with Crippen LogP contribution in [-0.2, 0) is 0 Å². The van der Waals surface area contributed by atoms with Gasteiger partial charge in [0.25, 0.3) is 5.91 Å². The number of hydrazine groups is 1. The van der Waals surface area contributed by atoms with Crippen LogP contribution in [0.1, 0.15) is 16.1 Å². The third-order valence-electron chi connectivity index (χ3n) is 2.54. The molecule has 1 heterocycles. The fourth-order valence-corrected chi connectivity index (χ4v) is 2.19. The number of pyridine rings is 1. The van der Waals surface area contributed by atoms with E-state index < -0.39 is 0 Å². The first-order valence-corrected chi connectivity index (χ1v) is 6.88. The Hall–Kier alpha value is -1.63. The van der Waals surface area contributed by atoms with E-state index in [0.717, 1.165) is 4.47 Å². The molecule has 1 amide bonds. The van der Waals surface area contributed by atoms with Crippen molar-refractivity contribution < 1.29 is 4.79 Å². The highest BCUT2D eigenvalue weighted by atomic mass is 79.9. The van der Waals surface area contributed by atoms with Gasteiger partial charge in [-0.1, -0.05) is 27.5 Å². The number of hydrogen-bond donors (Lipinski definition) is 3. The van der Waals surface area contributed by atoms with E-state index in [1.807, 2.05) is 0 Å². The molecule has 1 aromatic carbocycles. The van der Waals surface area contributed by atoms with E-state index >= 15 is 0 Å². The van der Waals surface area contributed by atoms with Gasteiger partial charge in [-0.05, 0) is 37.3 Å². The molecule has 0 aliphatic heterocycles. The van der Waals surface area contributed by atoms with Crippen LogP contribution in [0.5, 0.6) is 0 Å². The third kappa shape index (κ3) is 3.47. The number of rotatable bonds is 3. The van der Waals surface area contributed by atoms with E-state index in [-0.39, 0.29) is 5.91 Å². The predicted molar refractivity (Wildman–Crippen MR) is 83.9 cm³/mol. The summed E-state index contributed by atoms with van der Waals surface area (Å²) in [5.41, 5.74) is 4.08. The van der Waals surface area contributed by atoms with Crippen molar-refractivity contribution in [1.82, 2.24) is 4.98 Å². The summed E-state index contributed by atoms with van der Waals surface area (Å²) in [6, 6.07) is 8.46. The van der Waals surface area contributed by atoms with Crippen LogP contribution in [0.4, 0.5) is 11.5 Å². The van der Waals surface area contributed by atoms with Crippen LogP contribution in [0.3, 0.4) is 0 Å². The van der Waals surface area contributed by atoms with Crippen molar-refractivity contribution in [2.24, 2.45) is 5.84 Å². The SMILES string of the molecule is Cc1cc(C(=O)Nc2cc(Br)ccc2Cl)cc(NN)n1. The Kier molecular flexibility index (Phi) is 4.59. The van der Waals surface area contributed by atoms with Crippen molar-refractivity contribution in [2.45, 2.75) is 6.92 Å². The molecule has 0 unspecified atom stereocenters. The van der Waals surface area contributed by atoms with E-state index in [9.17, 15) is 4.79 Å². The Morgan fingerprint density at radius 2 is 2.10 bits per heavy atom. The molecule has 4 N–H and O–H groups in total. The van der Waals surface area contributed by atoms with Gasteiger partial charge >= 0.3 is 0 Å². The van der Waals surface area contributed by atoms with Crippen molar-refractivity contribution in [3.05, 3.63) is 51.1 Å². The van der Waals surface area contributed by atoms with Crippen LogP contribution in [0, 0.1) is 6.92 Å². The van der Waals surface area contributed by atoms with E-state index in [1.54, 1.807) is 37.3 Å². The molecule has 0 saturated carbocycles. The molecule has 1 aromatic heterocycles. The average Bonchev–Trinajstić information content (AvgIpc) is 2.42. The number of halogens is 2. The van der Waals surface area contributed by atoms with Crippen LogP contribution >= 0.6 is 27.5 Å². The minimum Gasteiger partial charge on any atom is -0.321 e. The first-order valence-electron chi connectivity index (χ1n) is 5.71. The normalized spacial score (nSPS) is 10.2. The quantitative estimate of drug-likeness (QED) is 0.583. The number of carbonyl (C=O) groups excluding carboxylic acids is 1. The molecule has 0 atom stereocenters. The summed E-state index contributed by atoms with van der Waals surface area (Å²) in [5.74, 6) is 5.45. The van der Waals surface area contributed by atoms with Crippen molar-refractivity contribution >= 4 is 44.9 Å². The van der Waals surface area contributed by atoms with E-state index in [2.05, 4.69) is 31.7 Å². The van der Waals surface area contributed by atoms with E-state index in [0.29, 0.717) is 27.8 Å². The van der Waals surface area contributed by atoms with Gasteiger partial charge in [0.05, 0.1) is 10.7 Å². The van der Waals surface area contributed by atoms with Gasteiger partial charge in [0.2, 0.25) is 0 Å². The summed E-state index contributed by atoms with van der Waals surface area (Å²) in [6.45, 7) is 1.78. The number of benzene rings is 1. The number of nitrogens with one attached hydrogen (secondary N) is 2. The fraction of sp³-hybridized carbons (Fsp3) is 0.0769. The highest BCUT2D eigenvalue weighted by molar-refractivity contribution is 9.10. The Balaban J connectivity index is 2.28. The first kappa shape index (κ1) is 14.8. The van der Waals surface area contributed by atoms with Gasteiger partial charge in [0.1, 0.15) is 5.82 Å². The van der Waals surface area contributed by atoms with Gasteiger partial charge in [-0.2, -0.15) is 0 Å². The van der Waals surface area contributed by atoms with Gasteiger partial charge in [0, 0.05) is 15.7 Å². The molecule has 0 saturated heterocycles. The minimum absolute atomic E-state index is 0.285. The lowest BCUT2D eigenvalue weighted by Crippen LogP contribution is -2.15. The van der Waals surface area contributed by atoms with Gasteiger partial charge in [-0.3, -0.25) is 4.79 Å². The van der Waals surface area contributed by atoms with Crippen LogP contribution in [-0.4, -0.2) is 10.9 Å². The van der Waals surface area contributed by atoms with Gasteiger partial charge in [-0.15, -0.1) is 0 Å². The Morgan fingerprint density at radius 1 is 1.35 bits per heavy atom. The van der Waals surface area contributed by atoms with Crippen LogP contribution in [0.15, 0.2) is 34.8 Å². The number of nitrogen functional groups attached to an aromatic ring is 1. The van der Waals surface area contributed by atoms with Crippen molar-refractivity contribution in [3.8, 4) is 0 Å². The Morgan fingerprint density at radius 3 is 2.80 bits per heavy atom. The maximum absolute atomic E-state index is 12.2. The summed E-state index contributed by atoms with van der Waals surface area (Å²) >= 11 is 9.37. The molecule has 2 aromatic rings. The zero-order valence-electron chi connectivity index (χ0n) is 10.6. The molecule has 0 radical (unpaired) electrons. The third-order valence-corrected chi connectivity index (χ3v) is 3.36. The minimum atomic E-state index is -0.285. The van der Waals surface area contributed by atoms with Gasteiger partial charge in [-0.25, -0.2) is 10.8 Å². The molecule has 0 aliphatic carbocycles. The van der Waals surface area contributed by atoms with Crippen LogP contribution in [0.2, 0.25) is 5.02 Å². The maximum atomic E-state index is 12.2. The van der Waals surface area contributed by atoms with Gasteiger partial charge < -0.3 is 10.7 Å². The number of nitrogens with two attached hydrogens (primary N) is 1. The van der Waals surface area contributed by atoms with E-state index in [4.69, 9.17) is 17.4 Å². The second kappa shape index (κ2) is 6.21. The summed E-state index contributed by atoms with van der Waals surface area (Å²) in [5, 5.41) is 3.21. The standard InChI is InChI=1S/C13H12BrClN4O/c1-7-4-8(5-12(17-7)19-16)13(20)18-11-6-9(14)2-3-10(11)15/h2-6H,16H2,1H3,(H,17,19)(H,18,20). The fourth-order valence-electron chi connectivity index (χ4n) is 1.66. The van der Waals surface area contributed by atoms with Crippen molar-refractivity contribution in [3.63, 3.8) is 0 Å². The summed E-state index contributed by atoms with van der Waals surface area (Å²) < 4.78 is 0.826. The molecule has 2 rings (SSSR count). The lowest BCUT2D eigenvalue weighted by molar-refractivity contribution is 0.102. The number of anilines is 2. The first-order chi connectivity index (χ1) is 9.49. The summed E-state index contributed by atoms with van der Waals surface area (Å²) in [4.78, 5) is 16.3. The molecule has 104 valence electrons. The second-order valence-corrected chi connectivity index (χ2v) is 5.43. The van der Waals surface area contributed by atoms with E-state index in [1.165, 1.54) is 0 Å². The molecule has 5 nitrogen and oxygen atoms in total. The lowest BCUT2D eigenvalue weighted by Gasteiger charge is -2.09. The summed E-state index contributed by atoms with van der Waals surface area (Å²) in [7, 11) is 0. The topological polar surface area (TPSA) is 80.0 Å². The molecular weight excluding hydrogens is 344 g/mol. The molecule has 20 heavy (non-hydrogen) atoms. The number of hydrogen-bond acceptors (Lipinski definition) is 4. The maximum Gasteiger partial charge on any atom is 0.255 e. The molecule has 0 bridgehead atoms. The summed E-state index contributed by atoms with van der Waals surface area (Å²) in [6.07, 6.45) is 0. The second-order valence-electron chi connectivity index (χ2n) is 4.11. The predicted octanol–water partition coefficient (Wildman–Crippen LogP) is 3.34. The highest BCUT2D eigenvalue weighted by Crippen LogP contribution is 2.26. The number of carbonyl (C=O) groups is 1. The Bertz CT molecular complexity index is 663. The number of amides is 1. The average molecular weight is 356 g/mol. The smallest absolute Gasteiger partial charge is 0.255 e. The van der Waals surface area contributed by atoms with Gasteiger partial charge in [0.15, 0.2) is 0 Å². The van der Waals surface area contributed by atoms with Crippen molar-refractivity contribution in [1.29, 1.82) is 0 Å². The largest absolute Gasteiger partial charge is 0.321 e. The molecule has 0 spiro atoms. The zero-order valence-corrected chi connectivity index (χ0v) is 12.9. The highest BCUT2D eigenvalue weighted by Gasteiger charge is 2.11. The zero-order chi connectivity index (χ0) is 14.7. The number of aromatic nitrogens is 1. The Labute approximate surface area is 129 Å². The number of aryl methyl sites for hydroxylation is 1. The molecule has 0 aliphatic rings. The van der Waals surface area contributed by atoms with Crippen LogP contribution in [0.25, 0.3) is 0 Å². The van der Waals surface area contributed by atoms with Crippen molar-refractivity contribution in [2.75, 3.05) is 10.7 Å². The van der Waals surface area contributed by atoms with Crippen LogP contribution < -0.4 is 16.6 Å². The molecule has 0 fully saturated rings. The lowest BCUT2D eigenvalue weighted by atomic mass is 10.2. The molecular formula is C13H12BrClN4O.